The number of ether oxygens (including phenoxy) is 1. The second kappa shape index (κ2) is 6.87. The zero-order valence-corrected chi connectivity index (χ0v) is 13.7. The maximum Gasteiger partial charge on any atom is 0.246 e. The summed E-state index contributed by atoms with van der Waals surface area (Å²) in [6.07, 6.45) is 2.98. The SMILES string of the molecule is COCCCN(C)S(=O)(=O)c1c(CNC2CC2)n[nH]c1C. The Morgan fingerprint density at radius 3 is 2.81 bits per heavy atom. The number of aromatic nitrogens is 2. The van der Waals surface area contributed by atoms with Crippen LogP contribution >= 0.6 is 0 Å². The molecule has 120 valence electrons. The van der Waals surface area contributed by atoms with Crippen molar-refractivity contribution in [3.8, 4) is 0 Å². The third kappa shape index (κ3) is 4.03. The minimum absolute atomic E-state index is 0.301. The fraction of sp³-hybridized carbons (Fsp3) is 0.769. The van der Waals surface area contributed by atoms with Crippen molar-refractivity contribution in [2.45, 2.75) is 43.7 Å². The monoisotopic (exact) mass is 316 g/mol. The Morgan fingerprint density at radius 2 is 2.19 bits per heavy atom. The third-order valence-electron chi connectivity index (χ3n) is 3.59. The van der Waals surface area contributed by atoms with Crippen LogP contribution in [0.4, 0.5) is 0 Å². The molecule has 1 aliphatic rings. The highest BCUT2D eigenvalue weighted by molar-refractivity contribution is 7.89. The van der Waals surface area contributed by atoms with Gasteiger partial charge in [0.1, 0.15) is 4.90 Å². The first kappa shape index (κ1) is 16.4. The number of methoxy groups -OCH3 is 1. The van der Waals surface area contributed by atoms with Crippen LogP contribution in [0.25, 0.3) is 0 Å². The summed E-state index contributed by atoms with van der Waals surface area (Å²) in [5.41, 5.74) is 1.15. The minimum Gasteiger partial charge on any atom is -0.385 e. The van der Waals surface area contributed by atoms with Gasteiger partial charge in [-0.3, -0.25) is 5.10 Å². The van der Waals surface area contributed by atoms with E-state index in [-0.39, 0.29) is 0 Å². The molecule has 0 atom stereocenters. The molecule has 0 bridgehead atoms. The summed E-state index contributed by atoms with van der Waals surface area (Å²) >= 11 is 0. The summed E-state index contributed by atoms with van der Waals surface area (Å²) < 4.78 is 31.7. The van der Waals surface area contributed by atoms with E-state index >= 15 is 0 Å². The van der Waals surface area contributed by atoms with Gasteiger partial charge in [0.05, 0.1) is 11.4 Å². The van der Waals surface area contributed by atoms with Crippen molar-refractivity contribution >= 4 is 10.0 Å². The van der Waals surface area contributed by atoms with Gasteiger partial charge in [-0.25, -0.2) is 12.7 Å². The number of sulfonamides is 1. The summed E-state index contributed by atoms with van der Waals surface area (Å²) in [6, 6.07) is 0.511. The first-order valence-corrected chi connectivity index (χ1v) is 8.63. The van der Waals surface area contributed by atoms with E-state index in [1.54, 1.807) is 21.1 Å². The van der Waals surface area contributed by atoms with Gasteiger partial charge in [0.2, 0.25) is 10.0 Å². The molecular weight excluding hydrogens is 292 g/mol. The molecule has 0 radical (unpaired) electrons. The number of aromatic amines is 1. The molecule has 0 saturated heterocycles. The fourth-order valence-electron chi connectivity index (χ4n) is 2.17. The van der Waals surface area contributed by atoms with E-state index in [9.17, 15) is 8.42 Å². The number of nitrogens with zero attached hydrogens (tertiary/aromatic N) is 2. The molecule has 2 rings (SSSR count). The van der Waals surface area contributed by atoms with Gasteiger partial charge in [-0.1, -0.05) is 0 Å². The number of nitrogens with one attached hydrogen (secondary N) is 2. The zero-order valence-electron chi connectivity index (χ0n) is 12.8. The van der Waals surface area contributed by atoms with Crippen LogP contribution in [-0.2, 0) is 21.3 Å². The molecule has 0 amide bonds. The van der Waals surface area contributed by atoms with Crippen LogP contribution in [-0.4, -0.2) is 56.3 Å². The predicted octanol–water partition coefficient (Wildman–Crippen LogP) is 0.627. The third-order valence-corrected chi connectivity index (χ3v) is 5.65. The van der Waals surface area contributed by atoms with E-state index in [0.717, 1.165) is 12.8 Å². The van der Waals surface area contributed by atoms with Crippen LogP contribution in [0.3, 0.4) is 0 Å². The van der Waals surface area contributed by atoms with Crippen LogP contribution in [0.1, 0.15) is 30.7 Å². The Morgan fingerprint density at radius 1 is 1.48 bits per heavy atom. The number of rotatable bonds is 9. The standard InChI is InChI=1S/C13H24N4O3S/c1-10-13(12(16-15-10)9-14-11-5-6-11)21(18,19)17(2)7-4-8-20-3/h11,14H,4-9H2,1-3H3,(H,15,16). The van der Waals surface area contributed by atoms with Gasteiger partial charge in [0, 0.05) is 39.9 Å². The van der Waals surface area contributed by atoms with Gasteiger partial charge in [-0.15, -0.1) is 0 Å². The van der Waals surface area contributed by atoms with Crippen LogP contribution in [0.5, 0.6) is 0 Å². The summed E-state index contributed by atoms with van der Waals surface area (Å²) in [5.74, 6) is 0. The molecule has 8 heteroatoms. The van der Waals surface area contributed by atoms with E-state index < -0.39 is 10.0 Å². The molecule has 0 aliphatic heterocycles. The van der Waals surface area contributed by atoms with E-state index in [4.69, 9.17) is 4.74 Å². The maximum absolute atomic E-state index is 12.7. The molecule has 1 aromatic heterocycles. The lowest BCUT2D eigenvalue weighted by Gasteiger charge is -2.17. The van der Waals surface area contributed by atoms with Gasteiger partial charge < -0.3 is 10.1 Å². The number of H-pyrrole nitrogens is 1. The number of hydrogen-bond acceptors (Lipinski definition) is 5. The van der Waals surface area contributed by atoms with E-state index in [0.29, 0.717) is 48.4 Å². The minimum atomic E-state index is -3.52. The Labute approximate surface area is 126 Å². The van der Waals surface area contributed by atoms with Crippen molar-refractivity contribution in [1.82, 2.24) is 19.8 Å². The Kier molecular flexibility index (Phi) is 5.37. The molecular formula is C13H24N4O3S. The zero-order chi connectivity index (χ0) is 15.5. The van der Waals surface area contributed by atoms with Gasteiger partial charge >= 0.3 is 0 Å². The first-order valence-electron chi connectivity index (χ1n) is 7.19. The van der Waals surface area contributed by atoms with Crippen molar-refractivity contribution in [2.75, 3.05) is 27.3 Å². The van der Waals surface area contributed by atoms with Gasteiger partial charge in [-0.05, 0) is 26.2 Å². The molecule has 1 saturated carbocycles. The molecule has 1 aliphatic carbocycles. The topological polar surface area (TPSA) is 87.3 Å². The lowest BCUT2D eigenvalue weighted by molar-refractivity contribution is 0.189. The van der Waals surface area contributed by atoms with Crippen molar-refractivity contribution < 1.29 is 13.2 Å². The lowest BCUT2D eigenvalue weighted by Crippen LogP contribution is -2.30. The molecule has 1 aromatic rings. The smallest absolute Gasteiger partial charge is 0.246 e. The summed E-state index contributed by atoms with van der Waals surface area (Å²) in [5, 5.41) is 10.2. The van der Waals surface area contributed by atoms with E-state index in [1.807, 2.05) is 0 Å². The highest BCUT2D eigenvalue weighted by atomic mass is 32.2. The highest BCUT2D eigenvalue weighted by Gasteiger charge is 2.29. The molecule has 21 heavy (non-hydrogen) atoms. The largest absolute Gasteiger partial charge is 0.385 e. The first-order chi connectivity index (χ1) is 9.96. The van der Waals surface area contributed by atoms with Crippen LogP contribution < -0.4 is 5.32 Å². The average molecular weight is 316 g/mol. The summed E-state index contributed by atoms with van der Waals surface area (Å²) in [4.78, 5) is 0.301. The molecule has 0 spiro atoms. The maximum atomic E-state index is 12.7. The Bertz CT molecular complexity index is 566. The summed E-state index contributed by atoms with van der Waals surface area (Å²) in [7, 11) is -0.321. The van der Waals surface area contributed by atoms with Gasteiger partial charge in [0.25, 0.3) is 0 Å². The Hall–Kier alpha value is -0.960. The molecule has 2 N–H and O–H groups in total. The average Bonchev–Trinajstić information content (AvgIpc) is 3.19. The summed E-state index contributed by atoms with van der Waals surface area (Å²) in [6.45, 7) is 3.19. The van der Waals surface area contributed by atoms with E-state index in [1.165, 1.54) is 4.31 Å². The lowest BCUT2D eigenvalue weighted by atomic mass is 10.3. The van der Waals surface area contributed by atoms with Gasteiger partial charge in [-0.2, -0.15) is 5.10 Å². The fourth-order valence-corrected chi connectivity index (χ4v) is 3.70. The number of aryl methyl sites for hydroxylation is 1. The normalized spacial score (nSPS) is 15.8. The van der Waals surface area contributed by atoms with Gasteiger partial charge in [0.15, 0.2) is 0 Å². The van der Waals surface area contributed by atoms with Crippen molar-refractivity contribution in [1.29, 1.82) is 0 Å². The molecule has 1 heterocycles. The molecule has 1 fully saturated rings. The predicted molar refractivity (Wildman–Crippen MR) is 79.5 cm³/mol. The van der Waals surface area contributed by atoms with Crippen molar-refractivity contribution in [3.05, 3.63) is 11.4 Å². The second-order valence-corrected chi connectivity index (χ2v) is 7.43. The Balaban J connectivity index is 2.11. The quantitative estimate of drug-likeness (QED) is 0.652. The van der Waals surface area contributed by atoms with Crippen molar-refractivity contribution in [3.63, 3.8) is 0 Å². The van der Waals surface area contributed by atoms with Crippen LogP contribution in [0.15, 0.2) is 4.90 Å². The molecule has 0 unspecified atom stereocenters. The highest BCUT2D eigenvalue weighted by Crippen LogP contribution is 2.24. The molecule has 0 aromatic carbocycles. The van der Waals surface area contributed by atoms with E-state index in [2.05, 4.69) is 15.5 Å². The van der Waals surface area contributed by atoms with Crippen LogP contribution in [0.2, 0.25) is 0 Å². The van der Waals surface area contributed by atoms with Crippen molar-refractivity contribution in [2.24, 2.45) is 0 Å². The number of hydrogen-bond donors (Lipinski definition) is 2. The van der Waals surface area contributed by atoms with Crippen LogP contribution in [0, 0.1) is 6.92 Å². The second-order valence-electron chi connectivity index (χ2n) is 5.45. The molecule has 7 nitrogen and oxygen atoms in total.